The number of carbonyl (C=O) groups excluding carboxylic acids is 1. The van der Waals surface area contributed by atoms with Gasteiger partial charge in [0.05, 0.1) is 12.4 Å². The number of hydrogen-bond acceptors (Lipinski definition) is 5. The molecule has 1 saturated heterocycles. The summed E-state index contributed by atoms with van der Waals surface area (Å²) in [7, 11) is -2.25. The fourth-order valence-electron chi connectivity index (χ4n) is 2.54. The molecule has 0 amide bonds. The van der Waals surface area contributed by atoms with E-state index < -0.39 is 27.3 Å². The molecule has 2 rings (SSSR count). The van der Waals surface area contributed by atoms with Crippen LogP contribution in [0.15, 0.2) is 18.2 Å². The van der Waals surface area contributed by atoms with E-state index in [9.17, 15) is 13.2 Å². The Morgan fingerprint density at radius 3 is 2.48 bits per heavy atom. The predicted octanol–water partition coefficient (Wildman–Crippen LogP) is 0.949. The van der Waals surface area contributed by atoms with Crippen molar-refractivity contribution in [2.24, 2.45) is 0 Å². The third-order valence-electron chi connectivity index (χ3n) is 3.50. The molecule has 1 aromatic rings. The van der Waals surface area contributed by atoms with Crippen LogP contribution < -0.4 is 10.0 Å². The molecule has 1 fully saturated rings. The van der Waals surface area contributed by atoms with Gasteiger partial charge in [-0.2, -0.15) is 0 Å². The van der Waals surface area contributed by atoms with Gasteiger partial charge in [-0.1, -0.05) is 6.07 Å². The summed E-state index contributed by atoms with van der Waals surface area (Å²) < 4.78 is 32.0. The number of aryl methyl sites for hydroxylation is 2. The lowest BCUT2D eigenvalue weighted by atomic mass is 10.1. The standard InChI is InChI=1S/C14H20N2O4S/c1-9-4-10(2)6-11(5-9)16-21(18,19)12-7-13(15-8-12)14(17)20-3/h4-6,12-13,15-16H,7-8H2,1-3H3. The Morgan fingerprint density at radius 1 is 1.29 bits per heavy atom. The highest BCUT2D eigenvalue weighted by Crippen LogP contribution is 2.21. The summed E-state index contributed by atoms with van der Waals surface area (Å²) >= 11 is 0. The van der Waals surface area contributed by atoms with Crippen LogP contribution in [0.5, 0.6) is 0 Å². The number of ether oxygens (including phenoxy) is 1. The summed E-state index contributed by atoms with van der Waals surface area (Å²) in [5, 5.41) is 2.23. The van der Waals surface area contributed by atoms with Gasteiger partial charge in [-0.15, -0.1) is 0 Å². The van der Waals surface area contributed by atoms with Crippen LogP contribution in [0.25, 0.3) is 0 Å². The van der Waals surface area contributed by atoms with Crippen LogP contribution in [0.3, 0.4) is 0 Å². The number of sulfonamides is 1. The van der Waals surface area contributed by atoms with Crippen LogP contribution in [0, 0.1) is 13.8 Å². The molecule has 2 unspecified atom stereocenters. The molecule has 0 spiro atoms. The maximum Gasteiger partial charge on any atom is 0.322 e. The van der Waals surface area contributed by atoms with E-state index in [0.717, 1.165) is 11.1 Å². The molecular weight excluding hydrogens is 292 g/mol. The van der Waals surface area contributed by atoms with Crippen molar-refractivity contribution in [2.45, 2.75) is 31.6 Å². The molecule has 1 aliphatic rings. The van der Waals surface area contributed by atoms with Crippen LogP contribution >= 0.6 is 0 Å². The van der Waals surface area contributed by atoms with Gasteiger partial charge < -0.3 is 10.1 Å². The second-order valence-corrected chi connectivity index (χ2v) is 7.33. The van der Waals surface area contributed by atoms with Gasteiger partial charge in [-0.25, -0.2) is 8.42 Å². The third kappa shape index (κ3) is 3.74. The van der Waals surface area contributed by atoms with E-state index in [2.05, 4.69) is 14.8 Å². The van der Waals surface area contributed by atoms with Gasteiger partial charge in [0.2, 0.25) is 10.0 Å². The Labute approximate surface area is 124 Å². The highest BCUT2D eigenvalue weighted by Gasteiger charge is 2.37. The first-order chi connectivity index (χ1) is 9.81. The Bertz CT molecular complexity index is 622. The van der Waals surface area contributed by atoms with Gasteiger partial charge >= 0.3 is 5.97 Å². The maximum atomic E-state index is 12.4. The second-order valence-electron chi connectivity index (χ2n) is 5.37. The molecule has 1 aliphatic heterocycles. The first-order valence-corrected chi connectivity index (χ1v) is 8.27. The molecule has 1 heterocycles. The van der Waals surface area contributed by atoms with Gasteiger partial charge in [0.25, 0.3) is 0 Å². The molecule has 21 heavy (non-hydrogen) atoms. The van der Waals surface area contributed by atoms with Crippen molar-refractivity contribution in [1.29, 1.82) is 0 Å². The zero-order valence-electron chi connectivity index (χ0n) is 12.3. The van der Waals surface area contributed by atoms with Crippen molar-refractivity contribution in [2.75, 3.05) is 18.4 Å². The molecule has 0 radical (unpaired) electrons. The fourth-order valence-corrected chi connectivity index (χ4v) is 3.92. The highest BCUT2D eigenvalue weighted by atomic mass is 32.2. The van der Waals surface area contributed by atoms with E-state index >= 15 is 0 Å². The van der Waals surface area contributed by atoms with Crippen molar-refractivity contribution in [1.82, 2.24) is 5.32 Å². The van der Waals surface area contributed by atoms with E-state index in [-0.39, 0.29) is 13.0 Å². The molecule has 2 atom stereocenters. The number of benzene rings is 1. The van der Waals surface area contributed by atoms with Gasteiger partial charge in [-0.3, -0.25) is 9.52 Å². The molecule has 0 aliphatic carbocycles. The first kappa shape index (κ1) is 15.8. The van der Waals surface area contributed by atoms with E-state index in [4.69, 9.17) is 0 Å². The highest BCUT2D eigenvalue weighted by molar-refractivity contribution is 7.93. The molecule has 7 heteroatoms. The first-order valence-electron chi connectivity index (χ1n) is 6.73. The summed E-state index contributed by atoms with van der Waals surface area (Å²) in [5.74, 6) is -0.431. The molecule has 0 bridgehead atoms. The lowest BCUT2D eigenvalue weighted by molar-refractivity contribution is -0.142. The lowest BCUT2D eigenvalue weighted by Gasteiger charge is -2.14. The summed E-state index contributed by atoms with van der Waals surface area (Å²) in [6, 6.07) is 4.98. The topological polar surface area (TPSA) is 84.5 Å². The van der Waals surface area contributed by atoms with Crippen LogP contribution in [-0.2, 0) is 19.6 Å². The summed E-state index contributed by atoms with van der Waals surface area (Å²) in [6.45, 7) is 4.06. The van der Waals surface area contributed by atoms with Gasteiger partial charge in [0.15, 0.2) is 0 Å². The normalized spacial score (nSPS) is 22.0. The largest absolute Gasteiger partial charge is 0.468 e. The molecule has 0 aromatic heterocycles. The van der Waals surface area contributed by atoms with Gasteiger partial charge in [-0.05, 0) is 43.5 Å². The number of anilines is 1. The fraction of sp³-hybridized carbons (Fsp3) is 0.500. The number of rotatable bonds is 4. The van der Waals surface area contributed by atoms with Gasteiger partial charge in [0, 0.05) is 12.2 Å². The Morgan fingerprint density at radius 2 is 1.90 bits per heavy atom. The second kappa shape index (κ2) is 6.03. The van der Waals surface area contributed by atoms with Crippen LogP contribution in [0.1, 0.15) is 17.5 Å². The Hall–Kier alpha value is -1.60. The van der Waals surface area contributed by atoms with Crippen molar-refractivity contribution in [3.8, 4) is 0 Å². The third-order valence-corrected chi connectivity index (χ3v) is 5.25. The van der Waals surface area contributed by atoms with Crippen molar-refractivity contribution < 1.29 is 17.9 Å². The van der Waals surface area contributed by atoms with E-state index in [1.54, 1.807) is 12.1 Å². The van der Waals surface area contributed by atoms with Crippen molar-refractivity contribution in [3.05, 3.63) is 29.3 Å². The zero-order chi connectivity index (χ0) is 15.6. The minimum absolute atomic E-state index is 0.215. The molecule has 116 valence electrons. The molecular formula is C14H20N2O4S. The molecule has 0 saturated carbocycles. The number of esters is 1. The smallest absolute Gasteiger partial charge is 0.322 e. The lowest BCUT2D eigenvalue weighted by Crippen LogP contribution is -2.31. The van der Waals surface area contributed by atoms with Crippen LogP contribution in [0.4, 0.5) is 5.69 Å². The Balaban J connectivity index is 2.11. The molecule has 1 aromatic carbocycles. The quantitative estimate of drug-likeness (QED) is 0.809. The van der Waals surface area contributed by atoms with E-state index in [1.807, 2.05) is 19.9 Å². The number of nitrogens with one attached hydrogen (secondary N) is 2. The van der Waals surface area contributed by atoms with Crippen LogP contribution in [-0.4, -0.2) is 39.3 Å². The number of methoxy groups -OCH3 is 1. The predicted molar refractivity (Wildman–Crippen MR) is 80.7 cm³/mol. The molecule has 6 nitrogen and oxygen atoms in total. The van der Waals surface area contributed by atoms with E-state index in [0.29, 0.717) is 5.69 Å². The Kier molecular flexibility index (Phi) is 4.53. The van der Waals surface area contributed by atoms with Crippen molar-refractivity contribution in [3.63, 3.8) is 0 Å². The minimum atomic E-state index is -3.54. The van der Waals surface area contributed by atoms with Crippen molar-refractivity contribution >= 4 is 21.7 Å². The molecule has 2 N–H and O–H groups in total. The minimum Gasteiger partial charge on any atom is -0.468 e. The number of carbonyl (C=O) groups is 1. The summed E-state index contributed by atoms with van der Waals surface area (Å²) in [4.78, 5) is 11.4. The SMILES string of the molecule is COC(=O)C1CC(S(=O)(=O)Nc2cc(C)cc(C)c2)CN1. The summed E-state index contributed by atoms with van der Waals surface area (Å²) in [5.41, 5.74) is 2.53. The van der Waals surface area contributed by atoms with E-state index in [1.165, 1.54) is 7.11 Å². The average Bonchev–Trinajstić information content (AvgIpc) is 2.86. The summed E-state index contributed by atoms with van der Waals surface area (Å²) in [6.07, 6.45) is 0.215. The maximum absolute atomic E-state index is 12.4. The number of hydrogen-bond donors (Lipinski definition) is 2. The zero-order valence-corrected chi connectivity index (χ0v) is 13.2. The monoisotopic (exact) mass is 312 g/mol. The van der Waals surface area contributed by atoms with Crippen LogP contribution in [0.2, 0.25) is 0 Å². The van der Waals surface area contributed by atoms with Gasteiger partial charge in [0.1, 0.15) is 6.04 Å². The average molecular weight is 312 g/mol.